The summed E-state index contributed by atoms with van der Waals surface area (Å²) in [6.45, 7) is 0.861. The van der Waals surface area contributed by atoms with Crippen molar-refractivity contribution in [1.82, 2.24) is 25.1 Å². The molecule has 5 rings (SSSR count). The van der Waals surface area contributed by atoms with Crippen LogP contribution in [0.4, 0.5) is 17.5 Å². The summed E-state index contributed by atoms with van der Waals surface area (Å²) >= 11 is 0. The maximum Gasteiger partial charge on any atom is 0.266 e. The number of amides is 1. The monoisotopic (exact) mass is 431 g/mol. The lowest BCUT2D eigenvalue weighted by molar-refractivity contribution is 0.0995. The van der Waals surface area contributed by atoms with Gasteiger partial charge < -0.3 is 16.4 Å². The standard InChI is InChI=1S/C22H25N9O/c23-6-2-8-31-14-4-5-15(31)10-13(9-14)26-22-16-3-1-7-25-17(16)11-19(28-22)27-20-12-18(21(24)32)29-30-20/h1,3,7,11-15H,2,4-5,8-10H2,(H2,24,32)(H3,26,27,28,29,30)/t13-,14-,15+. The third kappa shape index (κ3) is 3.94. The molecule has 164 valence electrons. The predicted octanol–water partition coefficient (Wildman–Crippen LogP) is 2.52. The number of rotatable bonds is 7. The highest BCUT2D eigenvalue weighted by Crippen LogP contribution is 2.37. The molecule has 10 heteroatoms. The fourth-order valence-electron chi connectivity index (χ4n) is 5.02. The molecule has 3 aromatic rings. The maximum atomic E-state index is 11.3. The smallest absolute Gasteiger partial charge is 0.266 e. The Morgan fingerprint density at radius 3 is 2.81 bits per heavy atom. The molecular formula is C22H25N9O. The van der Waals surface area contributed by atoms with E-state index < -0.39 is 5.91 Å². The minimum atomic E-state index is -0.572. The molecule has 2 aliphatic heterocycles. The Labute approximate surface area is 185 Å². The van der Waals surface area contributed by atoms with Crippen molar-refractivity contribution in [3.05, 3.63) is 36.2 Å². The Morgan fingerprint density at radius 1 is 1.28 bits per heavy atom. The lowest BCUT2D eigenvalue weighted by Crippen LogP contribution is -2.47. The van der Waals surface area contributed by atoms with Gasteiger partial charge in [0.05, 0.1) is 11.6 Å². The average molecular weight is 432 g/mol. The van der Waals surface area contributed by atoms with Crippen molar-refractivity contribution >= 4 is 34.3 Å². The minimum Gasteiger partial charge on any atom is -0.367 e. The third-order valence-electron chi connectivity index (χ3n) is 6.41. The number of nitrogens with one attached hydrogen (secondary N) is 3. The van der Waals surface area contributed by atoms with E-state index in [1.165, 1.54) is 12.8 Å². The van der Waals surface area contributed by atoms with Gasteiger partial charge in [0, 0.05) is 54.8 Å². The van der Waals surface area contributed by atoms with Crippen molar-refractivity contribution < 1.29 is 4.79 Å². The molecular weight excluding hydrogens is 406 g/mol. The summed E-state index contributed by atoms with van der Waals surface area (Å²) in [4.78, 5) is 23.1. The predicted molar refractivity (Wildman–Crippen MR) is 120 cm³/mol. The van der Waals surface area contributed by atoms with Crippen LogP contribution in [0, 0.1) is 11.3 Å². The Bertz CT molecular complexity index is 1170. The van der Waals surface area contributed by atoms with Crippen molar-refractivity contribution in [1.29, 1.82) is 5.26 Å². The molecule has 2 bridgehead atoms. The van der Waals surface area contributed by atoms with Crippen LogP contribution in [0.25, 0.3) is 10.9 Å². The molecule has 3 aromatic heterocycles. The molecule has 2 saturated heterocycles. The van der Waals surface area contributed by atoms with Gasteiger partial charge in [-0.05, 0) is 37.8 Å². The number of carbonyl (C=O) groups excluding carboxylic acids is 1. The zero-order valence-electron chi connectivity index (χ0n) is 17.6. The number of aromatic nitrogens is 4. The van der Waals surface area contributed by atoms with Crippen LogP contribution in [0.3, 0.4) is 0 Å². The van der Waals surface area contributed by atoms with Crippen molar-refractivity contribution in [3.63, 3.8) is 0 Å². The number of aromatic amines is 1. The SMILES string of the molecule is N#CCCN1[C@@H]2CC[C@H]1C[C@H](Nc1nc(Nc3cc(C(N)=O)[nH]n3)cc3ncccc13)C2. The largest absolute Gasteiger partial charge is 0.367 e. The number of anilines is 3. The molecule has 0 saturated carbocycles. The molecule has 0 radical (unpaired) electrons. The van der Waals surface area contributed by atoms with E-state index in [4.69, 9.17) is 16.0 Å². The molecule has 0 aliphatic carbocycles. The van der Waals surface area contributed by atoms with Gasteiger partial charge in [0.2, 0.25) is 0 Å². The maximum absolute atomic E-state index is 11.3. The summed E-state index contributed by atoms with van der Waals surface area (Å²) in [6, 6.07) is 10.9. The lowest BCUT2D eigenvalue weighted by atomic mass is 9.97. The molecule has 0 unspecified atom stereocenters. The second kappa shape index (κ2) is 8.43. The molecule has 3 atom stereocenters. The molecule has 0 spiro atoms. The minimum absolute atomic E-state index is 0.225. The van der Waals surface area contributed by atoms with Gasteiger partial charge in [-0.15, -0.1) is 0 Å². The van der Waals surface area contributed by atoms with E-state index in [-0.39, 0.29) is 5.69 Å². The van der Waals surface area contributed by atoms with Crippen LogP contribution in [0.5, 0.6) is 0 Å². The first-order valence-electron chi connectivity index (χ1n) is 10.9. The fraction of sp³-hybridized carbons (Fsp3) is 0.409. The Morgan fingerprint density at radius 2 is 2.09 bits per heavy atom. The highest BCUT2D eigenvalue weighted by molar-refractivity contribution is 5.93. The van der Waals surface area contributed by atoms with E-state index in [2.05, 4.69) is 36.8 Å². The van der Waals surface area contributed by atoms with Crippen LogP contribution < -0.4 is 16.4 Å². The van der Waals surface area contributed by atoms with E-state index in [9.17, 15) is 4.79 Å². The van der Waals surface area contributed by atoms with Crippen LogP contribution in [0.1, 0.15) is 42.6 Å². The summed E-state index contributed by atoms with van der Waals surface area (Å²) in [7, 11) is 0. The van der Waals surface area contributed by atoms with Gasteiger partial charge in [0.25, 0.3) is 5.91 Å². The van der Waals surface area contributed by atoms with Crippen molar-refractivity contribution in [2.45, 2.75) is 50.2 Å². The number of nitrogens with zero attached hydrogens (tertiary/aromatic N) is 5. The van der Waals surface area contributed by atoms with Gasteiger partial charge in [0.15, 0.2) is 5.82 Å². The highest BCUT2D eigenvalue weighted by atomic mass is 16.1. The molecule has 0 aromatic carbocycles. The van der Waals surface area contributed by atoms with Gasteiger partial charge in [-0.2, -0.15) is 10.4 Å². The summed E-state index contributed by atoms with van der Waals surface area (Å²) < 4.78 is 0. The van der Waals surface area contributed by atoms with Gasteiger partial charge in [-0.1, -0.05) is 0 Å². The summed E-state index contributed by atoms with van der Waals surface area (Å²) in [5.74, 6) is 1.24. The molecule has 2 aliphatic rings. The fourth-order valence-corrected chi connectivity index (χ4v) is 5.02. The quantitative estimate of drug-likeness (QED) is 0.446. The second-order valence-corrected chi connectivity index (χ2v) is 8.43. The summed E-state index contributed by atoms with van der Waals surface area (Å²) in [6.07, 6.45) is 6.78. The molecule has 2 fully saturated rings. The number of nitriles is 1. The van der Waals surface area contributed by atoms with Crippen LogP contribution in [-0.2, 0) is 0 Å². The lowest BCUT2D eigenvalue weighted by Gasteiger charge is -2.39. The highest BCUT2D eigenvalue weighted by Gasteiger charge is 2.40. The van der Waals surface area contributed by atoms with Crippen LogP contribution in [-0.4, -0.2) is 55.6 Å². The van der Waals surface area contributed by atoms with Gasteiger partial charge in [-0.3, -0.25) is 19.8 Å². The Hall–Kier alpha value is -3.71. The first kappa shape index (κ1) is 20.2. The van der Waals surface area contributed by atoms with Crippen LogP contribution in [0.2, 0.25) is 0 Å². The van der Waals surface area contributed by atoms with E-state index in [0.29, 0.717) is 36.2 Å². The number of H-pyrrole nitrogens is 1. The first-order chi connectivity index (χ1) is 15.6. The average Bonchev–Trinajstić information content (AvgIpc) is 3.34. The van der Waals surface area contributed by atoms with E-state index in [1.807, 2.05) is 18.2 Å². The number of carbonyl (C=O) groups is 1. The number of piperidine rings is 1. The normalized spacial score (nSPS) is 22.5. The second-order valence-electron chi connectivity index (χ2n) is 8.43. The number of nitrogens with two attached hydrogens (primary N) is 1. The molecule has 5 N–H and O–H groups in total. The topological polar surface area (TPSA) is 149 Å². The van der Waals surface area contributed by atoms with Crippen LogP contribution in [0.15, 0.2) is 30.5 Å². The number of primary amides is 1. The van der Waals surface area contributed by atoms with Gasteiger partial charge in [0.1, 0.15) is 17.3 Å². The molecule has 32 heavy (non-hydrogen) atoms. The number of fused-ring (bicyclic) bond motifs is 3. The zero-order chi connectivity index (χ0) is 22.1. The molecule has 5 heterocycles. The Balaban J connectivity index is 1.37. The van der Waals surface area contributed by atoms with Crippen molar-refractivity contribution in [2.24, 2.45) is 5.73 Å². The zero-order valence-corrected chi connectivity index (χ0v) is 17.6. The molecule has 1 amide bonds. The number of hydrogen-bond donors (Lipinski definition) is 4. The molecule has 10 nitrogen and oxygen atoms in total. The first-order valence-corrected chi connectivity index (χ1v) is 10.9. The van der Waals surface area contributed by atoms with Crippen LogP contribution >= 0.6 is 0 Å². The summed E-state index contributed by atoms with van der Waals surface area (Å²) in [5, 5.41) is 23.4. The Kier molecular flexibility index (Phi) is 5.33. The summed E-state index contributed by atoms with van der Waals surface area (Å²) in [5.41, 5.74) is 6.33. The van der Waals surface area contributed by atoms with Gasteiger partial charge >= 0.3 is 0 Å². The van der Waals surface area contributed by atoms with E-state index in [0.717, 1.165) is 36.1 Å². The van der Waals surface area contributed by atoms with Crippen molar-refractivity contribution in [3.8, 4) is 6.07 Å². The third-order valence-corrected chi connectivity index (χ3v) is 6.41. The van der Waals surface area contributed by atoms with Gasteiger partial charge in [-0.25, -0.2) is 4.98 Å². The van der Waals surface area contributed by atoms with E-state index >= 15 is 0 Å². The van der Waals surface area contributed by atoms with Crippen molar-refractivity contribution in [2.75, 3.05) is 17.2 Å². The van der Waals surface area contributed by atoms with E-state index in [1.54, 1.807) is 12.3 Å². The number of pyridine rings is 2. The number of hydrogen-bond acceptors (Lipinski definition) is 8.